The van der Waals surface area contributed by atoms with Crippen LogP contribution in [0.4, 0.5) is 0 Å². The van der Waals surface area contributed by atoms with Crippen LogP contribution in [-0.2, 0) is 0 Å². The molecule has 116 valence electrons. The number of nitrogens with one attached hydrogen (secondary N) is 1. The fourth-order valence-corrected chi connectivity index (χ4v) is 4.04. The van der Waals surface area contributed by atoms with E-state index in [9.17, 15) is 0 Å². The van der Waals surface area contributed by atoms with Crippen LogP contribution >= 0.6 is 0 Å². The van der Waals surface area contributed by atoms with Gasteiger partial charge in [-0.25, -0.2) is 0 Å². The van der Waals surface area contributed by atoms with Gasteiger partial charge in [0, 0.05) is 6.04 Å². The highest BCUT2D eigenvalue weighted by atomic mass is 14.9. The molecule has 2 heteroatoms. The Balaban J connectivity index is 2.27. The third-order valence-electron chi connectivity index (χ3n) is 4.52. The minimum atomic E-state index is -0.158. The summed E-state index contributed by atoms with van der Waals surface area (Å²) in [5, 5.41) is 12.8. The molecule has 0 aromatic heterocycles. The Morgan fingerprint density at radius 2 is 1.65 bits per heavy atom. The SMILES string of the molecule is CC(C)(C#N)CCCCNC1CC(C)(C)CC(C)(C)C1. The van der Waals surface area contributed by atoms with Gasteiger partial charge in [0.25, 0.3) is 0 Å². The highest BCUT2D eigenvalue weighted by Gasteiger charge is 2.37. The minimum Gasteiger partial charge on any atom is -0.314 e. The summed E-state index contributed by atoms with van der Waals surface area (Å²) in [5.74, 6) is 0. The van der Waals surface area contributed by atoms with Gasteiger partial charge in [-0.1, -0.05) is 34.1 Å². The molecule has 0 heterocycles. The molecule has 0 aliphatic heterocycles. The van der Waals surface area contributed by atoms with Crippen molar-refractivity contribution in [1.29, 1.82) is 5.26 Å². The van der Waals surface area contributed by atoms with E-state index in [0.717, 1.165) is 19.4 Å². The summed E-state index contributed by atoms with van der Waals surface area (Å²) in [5.41, 5.74) is 0.763. The number of unbranched alkanes of at least 4 members (excludes halogenated alkanes) is 1. The zero-order valence-electron chi connectivity index (χ0n) is 14.5. The van der Waals surface area contributed by atoms with Crippen LogP contribution in [0.15, 0.2) is 0 Å². The summed E-state index contributed by atoms with van der Waals surface area (Å²) in [6, 6.07) is 3.05. The van der Waals surface area contributed by atoms with E-state index in [1.165, 1.54) is 25.7 Å². The zero-order valence-corrected chi connectivity index (χ0v) is 14.5. The molecule has 1 rings (SSSR count). The number of nitriles is 1. The topological polar surface area (TPSA) is 35.8 Å². The van der Waals surface area contributed by atoms with E-state index in [1.54, 1.807) is 0 Å². The van der Waals surface area contributed by atoms with Gasteiger partial charge < -0.3 is 5.32 Å². The summed E-state index contributed by atoms with van der Waals surface area (Å²) in [4.78, 5) is 0. The molecule has 2 nitrogen and oxygen atoms in total. The standard InChI is InChI=1S/C18H34N2/c1-16(2,14-19)9-7-8-10-20-15-11-17(3,4)13-18(5,6)12-15/h15,20H,7-13H2,1-6H3. The van der Waals surface area contributed by atoms with E-state index in [4.69, 9.17) is 5.26 Å². The van der Waals surface area contributed by atoms with Crippen molar-refractivity contribution in [1.82, 2.24) is 5.32 Å². The maximum atomic E-state index is 9.00. The molecule has 0 radical (unpaired) electrons. The molecule has 20 heavy (non-hydrogen) atoms. The predicted molar refractivity (Wildman–Crippen MR) is 86.4 cm³/mol. The Hall–Kier alpha value is -0.550. The number of nitrogens with zero attached hydrogens (tertiary/aromatic N) is 1. The van der Waals surface area contributed by atoms with Crippen molar-refractivity contribution in [2.45, 2.75) is 86.1 Å². The number of hydrogen-bond acceptors (Lipinski definition) is 2. The summed E-state index contributed by atoms with van der Waals surface area (Å²) in [7, 11) is 0. The van der Waals surface area contributed by atoms with E-state index in [0.29, 0.717) is 16.9 Å². The second kappa shape index (κ2) is 6.48. The average Bonchev–Trinajstić information content (AvgIpc) is 2.24. The highest BCUT2D eigenvalue weighted by molar-refractivity contribution is 4.93. The van der Waals surface area contributed by atoms with Gasteiger partial charge >= 0.3 is 0 Å². The smallest absolute Gasteiger partial charge is 0.0683 e. The molecule has 1 saturated carbocycles. The largest absolute Gasteiger partial charge is 0.314 e. The molecule has 0 unspecified atom stereocenters. The van der Waals surface area contributed by atoms with Crippen LogP contribution in [0.25, 0.3) is 0 Å². The van der Waals surface area contributed by atoms with Crippen LogP contribution in [0.1, 0.15) is 80.1 Å². The molecule has 0 aromatic carbocycles. The van der Waals surface area contributed by atoms with Gasteiger partial charge in [-0.3, -0.25) is 0 Å². The molecule has 0 atom stereocenters. The van der Waals surface area contributed by atoms with Crippen molar-refractivity contribution in [3.8, 4) is 6.07 Å². The van der Waals surface area contributed by atoms with Gasteiger partial charge in [0.1, 0.15) is 0 Å². The Morgan fingerprint density at radius 3 is 2.15 bits per heavy atom. The second-order valence-corrected chi connectivity index (χ2v) is 9.02. The maximum Gasteiger partial charge on any atom is 0.0683 e. The van der Waals surface area contributed by atoms with Gasteiger partial charge in [-0.05, 0) is 63.3 Å². The molecular formula is C18H34N2. The Bertz CT molecular complexity index is 331. The van der Waals surface area contributed by atoms with Crippen molar-refractivity contribution in [3.63, 3.8) is 0 Å². The average molecular weight is 278 g/mol. The summed E-state index contributed by atoms with van der Waals surface area (Å²) >= 11 is 0. The lowest BCUT2D eigenvalue weighted by atomic mass is 9.63. The van der Waals surface area contributed by atoms with E-state index in [2.05, 4.69) is 39.1 Å². The number of hydrogen-bond donors (Lipinski definition) is 1. The molecule has 1 fully saturated rings. The van der Waals surface area contributed by atoms with E-state index in [1.807, 2.05) is 13.8 Å². The highest BCUT2D eigenvalue weighted by Crippen LogP contribution is 2.45. The lowest BCUT2D eigenvalue weighted by Gasteiger charge is -2.45. The first kappa shape index (κ1) is 17.5. The molecule has 1 aliphatic rings. The van der Waals surface area contributed by atoms with E-state index >= 15 is 0 Å². The molecule has 0 aromatic rings. The van der Waals surface area contributed by atoms with Crippen molar-refractivity contribution in [2.24, 2.45) is 16.2 Å². The van der Waals surface area contributed by atoms with Crippen molar-refractivity contribution in [3.05, 3.63) is 0 Å². The van der Waals surface area contributed by atoms with Crippen LogP contribution < -0.4 is 5.32 Å². The predicted octanol–water partition coefficient (Wildman–Crippen LogP) is 4.90. The van der Waals surface area contributed by atoms with Crippen molar-refractivity contribution in [2.75, 3.05) is 6.54 Å². The molecule has 0 spiro atoms. The van der Waals surface area contributed by atoms with E-state index < -0.39 is 0 Å². The summed E-state index contributed by atoms with van der Waals surface area (Å²) < 4.78 is 0. The minimum absolute atomic E-state index is 0.158. The van der Waals surface area contributed by atoms with Crippen LogP contribution in [-0.4, -0.2) is 12.6 Å². The van der Waals surface area contributed by atoms with Gasteiger partial charge in [0.15, 0.2) is 0 Å². The zero-order chi connectivity index (χ0) is 15.4. The lowest BCUT2D eigenvalue weighted by molar-refractivity contribution is 0.0850. The third kappa shape index (κ3) is 6.27. The Labute approximate surface area is 126 Å². The van der Waals surface area contributed by atoms with Crippen molar-refractivity contribution >= 4 is 0 Å². The fourth-order valence-electron chi connectivity index (χ4n) is 4.04. The van der Waals surface area contributed by atoms with Gasteiger partial charge in [-0.2, -0.15) is 5.26 Å². The third-order valence-corrected chi connectivity index (χ3v) is 4.52. The monoisotopic (exact) mass is 278 g/mol. The first-order valence-electron chi connectivity index (χ1n) is 8.20. The van der Waals surface area contributed by atoms with Crippen LogP contribution in [0.2, 0.25) is 0 Å². The molecule has 1 N–H and O–H groups in total. The van der Waals surface area contributed by atoms with Crippen molar-refractivity contribution < 1.29 is 0 Å². The Morgan fingerprint density at radius 1 is 1.10 bits per heavy atom. The summed E-state index contributed by atoms with van der Waals surface area (Å²) in [6.45, 7) is 14.8. The molecule has 1 aliphatic carbocycles. The molecule has 0 saturated heterocycles. The normalized spacial score (nSPS) is 22.4. The lowest BCUT2D eigenvalue weighted by Crippen LogP contribution is -2.44. The summed E-state index contributed by atoms with van der Waals surface area (Å²) in [6.07, 6.45) is 7.25. The van der Waals surface area contributed by atoms with Gasteiger partial charge in [0.05, 0.1) is 11.5 Å². The fraction of sp³-hybridized carbons (Fsp3) is 0.944. The van der Waals surface area contributed by atoms with Gasteiger partial charge in [0.2, 0.25) is 0 Å². The maximum absolute atomic E-state index is 9.00. The molecular weight excluding hydrogens is 244 g/mol. The van der Waals surface area contributed by atoms with Crippen LogP contribution in [0.5, 0.6) is 0 Å². The first-order chi connectivity index (χ1) is 9.05. The Kier molecular flexibility index (Phi) is 5.67. The molecule has 0 amide bonds. The van der Waals surface area contributed by atoms with Crippen LogP contribution in [0.3, 0.4) is 0 Å². The first-order valence-corrected chi connectivity index (χ1v) is 8.20. The molecule has 0 bridgehead atoms. The second-order valence-electron chi connectivity index (χ2n) is 9.02. The van der Waals surface area contributed by atoms with E-state index in [-0.39, 0.29) is 5.41 Å². The van der Waals surface area contributed by atoms with Crippen LogP contribution in [0, 0.1) is 27.6 Å². The quantitative estimate of drug-likeness (QED) is 0.701. The van der Waals surface area contributed by atoms with Gasteiger partial charge in [-0.15, -0.1) is 0 Å². The number of rotatable bonds is 6.